The second kappa shape index (κ2) is 10.3. The number of hydrogen-bond acceptors (Lipinski definition) is 3. The fourth-order valence-corrected chi connectivity index (χ4v) is 1.76. The minimum Gasteiger partial charge on any atom is -0.494 e. The minimum atomic E-state index is -0.0205. The maximum atomic E-state index is 11.7. The van der Waals surface area contributed by atoms with Crippen LogP contribution in [0.2, 0.25) is 0 Å². The predicted octanol–water partition coefficient (Wildman–Crippen LogP) is 1.39. The Morgan fingerprint density at radius 1 is 1.35 bits per heavy atom. The summed E-state index contributed by atoms with van der Waals surface area (Å²) in [5.74, 6) is 1.37. The molecule has 0 spiro atoms. The van der Waals surface area contributed by atoms with E-state index in [2.05, 4.69) is 22.2 Å². The second-order valence-corrected chi connectivity index (χ2v) is 5.02. The lowest BCUT2D eigenvalue weighted by atomic mass is 10.2. The third-order valence-electron chi connectivity index (χ3n) is 3.00. The highest BCUT2D eigenvalue weighted by molar-refractivity contribution is 5.86. The van der Waals surface area contributed by atoms with Gasteiger partial charge in [0.05, 0.1) is 19.7 Å². The van der Waals surface area contributed by atoms with Gasteiger partial charge in [0.25, 0.3) is 0 Å². The zero-order valence-electron chi connectivity index (χ0n) is 14.1. The topological polar surface area (TPSA) is 66.0 Å². The summed E-state index contributed by atoms with van der Waals surface area (Å²) in [6.45, 7) is 7.44. The highest BCUT2D eigenvalue weighted by Gasteiger charge is 2.06. The molecule has 0 heterocycles. The minimum absolute atomic E-state index is 0.0205. The van der Waals surface area contributed by atoms with Crippen LogP contribution >= 0.6 is 0 Å². The molecule has 0 aliphatic rings. The summed E-state index contributed by atoms with van der Waals surface area (Å²) in [4.78, 5) is 17.7. The first-order chi connectivity index (χ1) is 11.1. The molecule has 0 bridgehead atoms. The van der Waals surface area contributed by atoms with Gasteiger partial charge in [-0.05, 0) is 13.0 Å². The first-order valence-electron chi connectivity index (χ1n) is 7.62. The molecule has 0 aromatic heterocycles. The van der Waals surface area contributed by atoms with Crippen LogP contribution in [-0.4, -0.2) is 50.6 Å². The maximum absolute atomic E-state index is 11.7. The van der Waals surface area contributed by atoms with E-state index in [9.17, 15) is 4.79 Å². The molecule has 1 rings (SSSR count). The van der Waals surface area contributed by atoms with Crippen molar-refractivity contribution in [2.75, 3.05) is 33.8 Å². The van der Waals surface area contributed by atoms with E-state index in [1.807, 2.05) is 31.2 Å². The maximum Gasteiger partial charge on any atom is 0.241 e. The number of carbonyl (C=O) groups is 1. The van der Waals surface area contributed by atoms with Gasteiger partial charge in [0.1, 0.15) is 5.75 Å². The van der Waals surface area contributed by atoms with Gasteiger partial charge in [-0.2, -0.15) is 0 Å². The van der Waals surface area contributed by atoms with Gasteiger partial charge in [-0.15, -0.1) is 6.58 Å². The molecule has 2 N–H and O–H groups in total. The van der Waals surface area contributed by atoms with Crippen molar-refractivity contribution >= 4 is 11.9 Å². The fraction of sp³-hybridized carbons (Fsp3) is 0.412. The van der Waals surface area contributed by atoms with E-state index < -0.39 is 0 Å². The monoisotopic (exact) mass is 318 g/mol. The molecule has 0 saturated heterocycles. The number of benzene rings is 1. The zero-order valence-corrected chi connectivity index (χ0v) is 14.1. The number of hydrogen-bond donors (Lipinski definition) is 2. The van der Waals surface area contributed by atoms with Crippen molar-refractivity contribution in [2.24, 2.45) is 4.99 Å². The number of nitrogens with zero attached hydrogens (tertiary/aromatic N) is 2. The fourth-order valence-electron chi connectivity index (χ4n) is 1.76. The first kappa shape index (κ1) is 18.5. The second-order valence-electron chi connectivity index (χ2n) is 5.02. The Hall–Kier alpha value is -2.50. The molecular weight excluding hydrogens is 292 g/mol. The third kappa shape index (κ3) is 6.86. The third-order valence-corrected chi connectivity index (χ3v) is 3.00. The van der Waals surface area contributed by atoms with E-state index in [0.717, 1.165) is 11.3 Å². The highest BCUT2D eigenvalue weighted by atomic mass is 16.5. The van der Waals surface area contributed by atoms with Crippen LogP contribution in [0.5, 0.6) is 5.75 Å². The number of ether oxygens (including phenoxy) is 1. The molecule has 1 aromatic carbocycles. The predicted molar refractivity (Wildman–Crippen MR) is 93.6 cm³/mol. The van der Waals surface area contributed by atoms with E-state index in [4.69, 9.17) is 4.74 Å². The van der Waals surface area contributed by atoms with Crippen LogP contribution in [0.4, 0.5) is 0 Å². The van der Waals surface area contributed by atoms with E-state index >= 15 is 0 Å². The van der Waals surface area contributed by atoms with Crippen molar-refractivity contribution in [1.29, 1.82) is 0 Å². The van der Waals surface area contributed by atoms with E-state index in [1.54, 1.807) is 20.2 Å². The molecule has 0 unspecified atom stereocenters. The Morgan fingerprint density at radius 2 is 2.09 bits per heavy atom. The molecule has 0 saturated carbocycles. The van der Waals surface area contributed by atoms with Gasteiger partial charge in [-0.3, -0.25) is 4.79 Å². The van der Waals surface area contributed by atoms with Crippen molar-refractivity contribution in [3.8, 4) is 5.75 Å². The van der Waals surface area contributed by atoms with E-state index in [-0.39, 0.29) is 12.5 Å². The number of carbonyl (C=O) groups excluding carboxylic acids is 1. The quantitative estimate of drug-likeness (QED) is 0.432. The number of nitrogens with one attached hydrogen (secondary N) is 2. The Kier molecular flexibility index (Phi) is 8.28. The Bertz CT molecular complexity index is 541. The molecule has 6 nitrogen and oxygen atoms in total. The summed E-state index contributed by atoms with van der Waals surface area (Å²) in [7, 11) is 3.44. The Morgan fingerprint density at radius 3 is 2.74 bits per heavy atom. The standard InChI is InChI=1S/C17H26N4O2/c1-5-11-18-17(20-13-16(22)21(3)4)19-12-14-9-7-8-10-15(14)23-6-2/h5,7-10H,1,6,11-13H2,2-4H3,(H2,18,19,20). The summed E-state index contributed by atoms with van der Waals surface area (Å²) in [5.41, 5.74) is 0.994. The van der Waals surface area contributed by atoms with E-state index in [0.29, 0.717) is 25.7 Å². The van der Waals surface area contributed by atoms with Crippen LogP contribution in [0.25, 0.3) is 0 Å². The summed E-state index contributed by atoms with van der Waals surface area (Å²) in [6.07, 6.45) is 1.74. The molecule has 1 amide bonds. The summed E-state index contributed by atoms with van der Waals surface area (Å²) >= 11 is 0. The van der Waals surface area contributed by atoms with Crippen LogP contribution in [0.3, 0.4) is 0 Å². The molecule has 1 aromatic rings. The van der Waals surface area contributed by atoms with Gasteiger partial charge in [0.2, 0.25) is 5.91 Å². The molecule has 126 valence electrons. The van der Waals surface area contributed by atoms with Crippen molar-refractivity contribution in [2.45, 2.75) is 13.5 Å². The van der Waals surface area contributed by atoms with Gasteiger partial charge < -0.3 is 20.3 Å². The van der Waals surface area contributed by atoms with Gasteiger partial charge in [0, 0.05) is 26.2 Å². The number of likely N-dealkylation sites (N-methyl/N-ethyl adjacent to an activating group) is 1. The number of rotatable bonds is 8. The molecule has 0 radical (unpaired) electrons. The molecule has 0 fully saturated rings. The SMILES string of the molecule is C=CCNC(=NCc1ccccc1OCC)NCC(=O)N(C)C. The molecule has 23 heavy (non-hydrogen) atoms. The molecule has 0 atom stereocenters. The normalized spacial score (nSPS) is 10.8. The van der Waals surface area contributed by atoms with Crippen LogP contribution in [0.15, 0.2) is 41.9 Å². The van der Waals surface area contributed by atoms with Gasteiger partial charge in [-0.25, -0.2) is 4.99 Å². The van der Waals surface area contributed by atoms with Crippen molar-refractivity contribution < 1.29 is 9.53 Å². The first-order valence-corrected chi connectivity index (χ1v) is 7.62. The smallest absolute Gasteiger partial charge is 0.241 e. The molecule has 6 heteroatoms. The van der Waals surface area contributed by atoms with E-state index in [1.165, 1.54) is 4.90 Å². The van der Waals surface area contributed by atoms with Gasteiger partial charge >= 0.3 is 0 Å². The molecule has 0 aliphatic carbocycles. The number of amides is 1. The average molecular weight is 318 g/mol. The van der Waals surface area contributed by atoms with Crippen molar-refractivity contribution in [3.05, 3.63) is 42.5 Å². The van der Waals surface area contributed by atoms with Crippen LogP contribution in [0.1, 0.15) is 12.5 Å². The molecule has 0 aliphatic heterocycles. The zero-order chi connectivity index (χ0) is 17.1. The Labute approximate surface area is 138 Å². The van der Waals surface area contributed by atoms with Crippen LogP contribution in [-0.2, 0) is 11.3 Å². The van der Waals surface area contributed by atoms with Gasteiger partial charge in [0.15, 0.2) is 5.96 Å². The summed E-state index contributed by atoms with van der Waals surface area (Å²) in [5, 5.41) is 6.11. The summed E-state index contributed by atoms with van der Waals surface area (Å²) < 4.78 is 5.59. The van der Waals surface area contributed by atoms with Crippen molar-refractivity contribution in [3.63, 3.8) is 0 Å². The molecular formula is C17H26N4O2. The van der Waals surface area contributed by atoms with Crippen LogP contribution < -0.4 is 15.4 Å². The lowest BCUT2D eigenvalue weighted by molar-refractivity contribution is -0.127. The van der Waals surface area contributed by atoms with Crippen LogP contribution in [0, 0.1) is 0 Å². The van der Waals surface area contributed by atoms with Crippen molar-refractivity contribution in [1.82, 2.24) is 15.5 Å². The highest BCUT2D eigenvalue weighted by Crippen LogP contribution is 2.18. The van der Waals surface area contributed by atoms with Gasteiger partial charge in [-0.1, -0.05) is 24.3 Å². The number of aliphatic imine (C=N–C) groups is 1. The largest absolute Gasteiger partial charge is 0.494 e. The Balaban J connectivity index is 2.75. The lowest BCUT2D eigenvalue weighted by Gasteiger charge is -2.14. The lowest BCUT2D eigenvalue weighted by Crippen LogP contribution is -2.43. The summed E-state index contributed by atoms with van der Waals surface area (Å²) in [6, 6.07) is 7.79. The average Bonchev–Trinajstić information content (AvgIpc) is 2.55. The number of guanidine groups is 1. The number of para-hydroxylation sites is 1.